The van der Waals surface area contributed by atoms with Crippen LogP contribution in [-0.4, -0.2) is 33.2 Å². The van der Waals surface area contributed by atoms with Gasteiger partial charge in [0.1, 0.15) is 11.6 Å². The zero-order chi connectivity index (χ0) is 24.5. The number of benzene rings is 3. The summed E-state index contributed by atoms with van der Waals surface area (Å²) in [6, 6.07) is 20.6. The fourth-order valence-corrected chi connectivity index (χ4v) is 3.41. The van der Waals surface area contributed by atoms with E-state index >= 15 is 0 Å². The van der Waals surface area contributed by atoms with Crippen LogP contribution in [0.15, 0.2) is 66.7 Å². The third-order valence-corrected chi connectivity index (χ3v) is 5.14. The van der Waals surface area contributed by atoms with E-state index in [0.717, 1.165) is 5.56 Å². The van der Waals surface area contributed by atoms with Crippen LogP contribution in [0.25, 0.3) is 0 Å². The van der Waals surface area contributed by atoms with Crippen LogP contribution in [0.3, 0.4) is 0 Å². The van der Waals surface area contributed by atoms with Gasteiger partial charge >= 0.3 is 5.97 Å². The highest BCUT2D eigenvalue weighted by molar-refractivity contribution is 5.95. The fraction of sp³-hybridized carbons (Fsp3) is 0.192. The van der Waals surface area contributed by atoms with Crippen LogP contribution < -0.4 is 20.1 Å². The molecule has 0 aliphatic rings. The molecule has 174 valence electrons. The summed E-state index contributed by atoms with van der Waals surface area (Å²) in [4.78, 5) is 25.8. The van der Waals surface area contributed by atoms with Gasteiger partial charge in [-0.3, -0.25) is 4.79 Å². The molecule has 1 amide bonds. The number of nitrogens with one attached hydrogen (secondary N) is 2. The van der Waals surface area contributed by atoms with Gasteiger partial charge in [0.15, 0.2) is 11.5 Å². The molecule has 1 unspecified atom stereocenters. The Morgan fingerprint density at radius 2 is 1.68 bits per heavy atom. The first-order valence-corrected chi connectivity index (χ1v) is 10.4. The van der Waals surface area contributed by atoms with Crippen LogP contribution in [0.5, 0.6) is 11.5 Å². The molecule has 0 aromatic heterocycles. The van der Waals surface area contributed by atoms with Gasteiger partial charge in [-0.2, -0.15) is 5.26 Å². The molecule has 0 bridgehead atoms. The summed E-state index contributed by atoms with van der Waals surface area (Å²) in [6.07, 6.45) is 0. The average Bonchev–Trinajstić information content (AvgIpc) is 2.89. The molecule has 3 rings (SSSR count). The first kappa shape index (κ1) is 24.1. The normalized spacial score (nSPS) is 11.0. The number of nitrogens with zero attached hydrogens (tertiary/aromatic N) is 1. The summed E-state index contributed by atoms with van der Waals surface area (Å²) >= 11 is 0. The van der Waals surface area contributed by atoms with Crippen LogP contribution in [0.4, 0.5) is 5.69 Å². The van der Waals surface area contributed by atoms with Crippen LogP contribution in [0, 0.1) is 11.3 Å². The van der Waals surface area contributed by atoms with Crippen molar-refractivity contribution in [3.8, 4) is 17.6 Å². The lowest BCUT2D eigenvalue weighted by molar-refractivity contribution is -0.122. The standard InChI is InChI=1S/C26H25N3O5/c1-32-22-14-19(13-21(24(22)33-2)26(31)34-3)23(29-20-11-9-17(15-27)10-12-20)25(30)28-16-18-7-5-4-6-8-18/h4-14,23,29H,16H2,1-3H3,(H,28,30). The Hall–Kier alpha value is -4.51. The lowest BCUT2D eigenvalue weighted by Gasteiger charge is -2.22. The topological polar surface area (TPSA) is 110 Å². The van der Waals surface area contributed by atoms with Crippen molar-refractivity contribution in [3.63, 3.8) is 0 Å². The Labute approximate surface area is 198 Å². The van der Waals surface area contributed by atoms with E-state index in [0.29, 0.717) is 23.4 Å². The molecule has 0 radical (unpaired) electrons. The molecule has 34 heavy (non-hydrogen) atoms. The van der Waals surface area contributed by atoms with E-state index in [1.165, 1.54) is 27.4 Å². The third-order valence-electron chi connectivity index (χ3n) is 5.14. The largest absolute Gasteiger partial charge is 0.493 e. The fourth-order valence-electron chi connectivity index (χ4n) is 3.41. The Bertz CT molecular complexity index is 1190. The van der Waals surface area contributed by atoms with Crippen molar-refractivity contribution >= 4 is 17.6 Å². The van der Waals surface area contributed by atoms with Gasteiger partial charge in [-0.25, -0.2) is 4.79 Å². The minimum atomic E-state index is -0.889. The van der Waals surface area contributed by atoms with Crippen molar-refractivity contribution in [2.45, 2.75) is 12.6 Å². The van der Waals surface area contributed by atoms with E-state index in [1.54, 1.807) is 30.3 Å². The summed E-state index contributed by atoms with van der Waals surface area (Å²) in [5.74, 6) is -0.460. The number of nitriles is 1. The molecular formula is C26H25N3O5. The molecule has 8 heteroatoms. The predicted octanol–water partition coefficient (Wildman–Crippen LogP) is 3.83. The molecule has 1 atom stereocenters. The minimum Gasteiger partial charge on any atom is -0.493 e. The second kappa shape index (κ2) is 11.4. The van der Waals surface area contributed by atoms with Gasteiger partial charge in [-0.15, -0.1) is 0 Å². The molecule has 0 aliphatic carbocycles. The number of anilines is 1. The Morgan fingerprint density at radius 1 is 0.971 bits per heavy atom. The van der Waals surface area contributed by atoms with E-state index in [1.807, 2.05) is 30.3 Å². The first-order chi connectivity index (χ1) is 16.5. The quantitative estimate of drug-likeness (QED) is 0.468. The highest BCUT2D eigenvalue weighted by Crippen LogP contribution is 2.36. The van der Waals surface area contributed by atoms with Gasteiger partial charge in [0.05, 0.1) is 33.0 Å². The smallest absolute Gasteiger partial charge is 0.341 e. The maximum absolute atomic E-state index is 13.3. The highest BCUT2D eigenvalue weighted by atomic mass is 16.5. The van der Waals surface area contributed by atoms with Crippen LogP contribution in [0.2, 0.25) is 0 Å². The molecule has 0 spiro atoms. The monoisotopic (exact) mass is 459 g/mol. The van der Waals surface area contributed by atoms with Crippen LogP contribution in [-0.2, 0) is 16.1 Å². The number of carbonyl (C=O) groups excluding carboxylic acids is 2. The van der Waals surface area contributed by atoms with Gasteiger partial charge in [0, 0.05) is 12.2 Å². The lowest BCUT2D eigenvalue weighted by atomic mass is 10.0. The third kappa shape index (κ3) is 5.64. The second-order valence-corrected chi connectivity index (χ2v) is 7.27. The number of ether oxygens (including phenoxy) is 3. The molecule has 0 saturated carbocycles. The van der Waals surface area contributed by atoms with Crippen molar-refractivity contribution in [3.05, 3.63) is 89.0 Å². The van der Waals surface area contributed by atoms with Gasteiger partial charge in [-0.05, 0) is 47.5 Å². The SMILES string of the molecule is COC(=O)c1cc(C(Nc2ccc(C#N)cc2)C(=O)NCc2ccccc2)cc(OC)c1OC. The van der Waals surface area contributed by atoms with E-state index in [-0.39, 0.29) is 23.0 Å². The molecular weight excluding hydrogens is 434 g/mol. The molecule has 0 heterocycles. The molecule has 3 aromatic rings. The van der Waals surface area contributed by atoms with Crippen molar-refractivity contribution in [2.24, 2.45) is 0 Å². The number of hydrogen-bond donors (Lipinski definition) is 2. The molecule has 3 aromatic carbocycles. The van der Waals surface area contributed by atoms with Gasteiger partial charge in [0.25, 0.3) is 0 Å². The Balaban J connectivity index is 2.01. The number of esters is 1. The first-order valence-electron chi connectivity index (χ1n) is 10.4. The maximum atomic E-state index is 13.3. The predicted molar refractivity (Wildman–Crippen MR) is 127 cm³/mol. The lowest BCUT2D eigenvalue weighted by Crippen LogP contribution is -2.33. The van der Waals surface area contributed by atoms with Crippen molar-refractivity contribution < 1.29 is 23.8 Å². The van der Waals surface area contributed by atoms with Gasteiger partial charge in [0.2, 0.25) is 5.91 Å². The van der Waals surface area contributed by atoms with Crippen molar-refractivity contribution in [1.82, 2.24) is 5.32 Å². The average molecular weight is 460 g/mol. The number of hydrogen-bond acceptors (Lipinski definition) is 7. The van der Waals surface area contributed by atoms with Gasteiger partial charge < -0.3 is 24.8 Å². The number of carbonyl (C=O) groups is 2. The summed E-state index contributed by atoms with van der Waals surface area (Å²) in [6.45, 7) is 0.322. The Kier molecular flexibility index (Phi) is 8.08. The van der Waals surface area contributed by atoms with Crippen LogP contribution in [0.1, 0.15) is 33.1 Å². The summed E-state index contributed by atoms with van der Waals surface area (Å²) in [7, 11) is 4.13. The van der Waals surface area contributed by atoms with E-state index in [4.69, 9.17) is 19.5 Å². The van der Waals surface area contributed by atoms with Crippen molar-refractivity contribution in [2.75, 3.05) is 26.6 Å². The van der Waals surface area contributed by atoms with Gasteiger partial charge in [-0.1, -0.05) is 30.3 Å². The van der Waals surface area contributed by atoms with Crippen molar-refractivity contribution in [1.29, 1.82) is 5.26 Å². The summed E-state index contributed by atoms with van der Waals surface area (Å²) < 4.78 is 15.7. The molecule has 0 aliphatic heterocycles. The zero-order valence-electron chi connectivity index (χ0n) is 19.1. The summed E-state index contributed by atoms with van der Waals surface area (Å²) in [5, 5.41) is 15.2. The number of rotatable bonds is 9. The molecule has 0 fully saturated rings. The molecule has 8 nitrogen and oxygen atoms in total. The minimum absolute atomic E-state index is 0.127. The Morgan fingerprint density at radius 3 is 2.26 bits per heavy atom. The zero-order valence-corrected chi connectivity index (χ0v) is 19.1. The highest BCUT2D eigenvalue weighted by Gasteiger charge is 2.26. The van der Waals surface area contributed by atoms with E-state index < -0.39 is 12.0 Å². The maximum Gasteiger partial charge on any atom is 0.341 e. The molecule has 0 saturated heterocycles. The van der Waals surface area contributed by atoms with E-state index in [2.05, 4.69) is 16.7 Å². The number of amides is 1. The van der Waals surface area contributed by atoms with Crippen LogP contribution >= 0.6 is 0 Å². The number of methoxy groups -OCH3 is 3. The second-order valence-electron chi connectivity index (χ2n) is 7.27. The molecule has 2 N–H and O–H groups in total. The summed E-state index contributed by atoms with van der Waals surface area (Å²) in [5.41, 5.74) is 2.65. The van der Waals surface area contributed by atoms with E-state index in [9.17, 15) is 9.59 Å².